The number of carbonyl (C=O) groups excluding carboxylic acids is 3. The van der Waals surface area contributed by atoms with Gasteiger partial charge in [-0.25, -0.2) is 13.2 Å². The Morgan fingerprint density at radius 2 is 1.59 bits per heavy atom. The van der Waals surface area contributed by atoms with Crippen LogP contribution in [-0.2, 0) is 10.0 Å². The zero-order valence-electron chi connectivity index (χ0n) is 19.7. The van der Waals surface area contributed by atoms with Crippen molar-refractivity contribution >= 4 is 62.2 Å². The van der Waals surface area contributed by atoms with Crippen LogP contribution < -0.4 is 25.6 Å². The molecule has 12 heteroatoms. The third kappa shape index (κ3) is 6.78. The van der Waals surface area contributed by atoms with Crippen molar-refractivity contribution in [1.82, 2.24) is 5.32 Å². The topological polar surface area (TPSA) is 137 Å². The van der Waals surface area contributed by atoms with Crippen LogP contribution in [0.1, 0.15) is 27.1 Å². The second-order valence-electron chi connectivity index (χ2n) is 8.33. The summed E-state index contributed by atoms with van der Waals surface area (Å²) in [6, 6.07) is 17.0. The number of halogens is 1. The van der Waals surface area contributed by atoms with E-state index in [0.29, 0.717) is 35.1 Å². The molecule has 1 fully saturated rings. The molecule has 1 aliphatic heterocycles. The molecule has 1 aliphatic rings. The highest BCUT2D eigenvalue weighted by atomic mass is 35.5. The Labute approximate surface area is 219 Å². The van der Waals surface area contributed by atoms with Crippen LogP contribution in [0.25, 0.3) is 0 Å². The molecule has 3 aromatic rings. The Balaban J connectivity index is 1.57. The molecule has 4 N–H and O–H groups in total. The summed E-state index contributed by atoms with van der Waals surface area (Å²) in [5.41, 5.74) is 1.86. The van der Waals surface area contributed by atoms with Crippen molar-refractivity contribution in [2.24, 2.45) is 0 Å². The summed E-state index contributed by atoms with van der Waals surface area (Å²) in [4.78, 5) is 39.6. The van der Waals surface area contributed by atoms with Crippen molar-refractivity contribution in [1.29, 1.82) is 0 Å². The molecule has 0 atom stereocenters. The smallest absolute Gasteiger partial charge is 0.321 e. The molecular formula is C25H24ClN5O5S. The molecule has 0 spiro atoms. The Morgan fingerprint density at radius 3 is 2.24 bits per heavy atom. The van der Waals surface area contributed by atoms with E-state index >= 15 is 0 Å². The first kappa shape index (κ1) is 26.0. The van der Waals surface area contributed by atoms with Crippen molar-refractivity contribution < 1.29 is 22.8 Å². The van der Waals surface area contributed by atoms with Crippen LogP contribution in [0.4, 0.5) is 27.5 Å². The number of amides is 4. The molecule has 1 heterocycles. The van der Waals surface area contributed by atoms with Crippen molar-refractivity contribution in [3.8, 4) is 0 Å². The maximum Gasteiger partial charge on any atom is 0.321 e. The average molecular weight is 542 g/mol. The van der Waals surface area contributed by atoms with Gasteiger partial charge in [-0.1, -0.05) is 11.6 Å². The summed E-state index contributed by atoms with van der Waals surface area (Å²) >= 11 is 5.89. The number of nitrogens with one attached hydrogen (secondary N) is 4. The number of hydrogen-bond donors (Lipinski definition) is 4. The Morgan fingerprint density at radius 1 is 0.919 bits per heavy atom. The highest BCUT2D eigenvalue weighted by molar-refractivity contribution is 7.92. The van der Waals surface area contributed by atoms with Gasteiger partial charge in [-0.05, 0) is 73.2 Å². The average Bonchev–Trinajstić information content (AvgIpc) is 2.84. The predicted octanol–water partition coefficient (Wildman–Crippen LogP) is 4.14. The zero-order chi connectivity index (χ0) is 26.6. The zero-order valence-corrected chi connectivity index (χ0v) is 21.3. The number of benzene rings is 3. The molecule has 0 unspecified atom stereocenters. The number of sulfonamides is 1. The van der Waals surface area contributed by atoms with Gasteiger partial charge in [-0.2, -0.15) is 0 Å². The molecule has 3 aromatic carbocycles. The number of carbonyl (C=O) groups is 3. The van der Waals surface area contributed by atoms with Gasteiger partial charge in [0.05, 0.1) is 23.2 Å². The lowest BCUT2D eigenvalue weighted by Gasteiger charge is -2.27. The minimum atomic E-state index is -3.59. The van der Waals surface area contributed by atoms with E-state index in [0.717, 1.165) is 12.7 Å². The minimum Gasteiger partial charge on any atom is -0.338 e. The molecule has 1 saturated heterocycles. The predicted molar refractivity (Wildman–Crippen MR) is 144 cm³/mol. The lowest BCUT2D eigenvalue weighted by Crippen LogP contribution is -2.46. The molecule has 0 aromatic heterocycles. The maximum absolute atomic E-state index is 13.1. The van der Waals surface area contributed by atoms with Gasteiger partial charge in [0.15, 0.2) is 0 Å². The van der Waals surface area contributed by atoms with Crippen molar-refractivity contribution in [2.45, 2.75) is 6.42 Å². The fourth-order valence-corrected chi connectivity index (χ4v) is 4.40. The Hall–Kier alpha value is -4.09. The number of hydrogen-bond acceptors (Lipinski definition) is 5. The van der Waals surface area contributed by atoms with Crippen LogP contribution in [-0.4, -0.2) is 45.6 Å². The monoisotopic (exact) mass is 541 g/mol. The second-order valence-corrected chi connectivity index (χ2v) is 10.5. The summed E-state index contributed by atoms with van der Waals surface area (Å²) in [7, 11) is -3.59. The van der Waals surface area contributed by atoms with E-state index in [1.165, 1.54) is 30.3 Å². The molecule has 37 heavy (non-hydrogen) atoms. The number of nitrogens with zero attached hydrogens (tertiary/aromatic N) is 1. The van der Waals surface area contributed by atoms with Crippen LogP contribution >= 0.6 is 11.6 Å². The SMILES string of the molecule is CS(=O)(=O)Nc1ccc(C(=O)Nc2ccc(N3CCCNC3=O)cc2)c(NC(=O)c2ccc(Cl)cc2)c1. The molecule has 4 amide bonds. The van der Waals surface area contributed by atoms with E-state index < -0.39 is 21.8 Å². The Bertz CT molecular complexity index is 1440. The third-order valence-electron chi connectivity index (χ3n) is 5.44. The molecule has 4 rings (SSSR count). The second kappa shape index (κ2) is 10.9. The van der Waals surface area contributed by atoms with E-state index in [9.17, 15) is 22.8 Å². The van der Waals surface area contributed by atoms with Gasteiger partial charge in [-0.3, -0.25) is 19.2 Å². The van der Waals surface area contributed by atoms with Gasteiger partial charge < -0.3 is 16.0 Å². The summed E-state index contributed by atoms with van der Waals surface area (Å²) in [6.07, 6.45) is 1.83. The molecule has 0 radical (unpaired) electrons. The third-order valence-corrected chi connectivity index (χ3v) is 6.30. The van der Waals surface area contributed by atoms with E-state index in [4.69, 9.17) is 11.6 Å². The van der Waals surface area contributed by atoms with Gasteiger partial charge in [0.25, 0.3) is 11.8 Å². The van der Waals surface area contributed by atoms with E-state index in [-0.39, 0.29) is 23.0 Å². The van der Waals surface area contributed by atoms with E-state index in [2.05, 4.69) is 20.7 Å². The van der Waals surface area contributed by atoms with E-state index in [1.807, 2.05) is 0 Å². The summed E-state index contributed by atoms with van der Waals surface area (Å²) < 4.78 is 25.7. The lowest BCUT2D eigenvalue weighted by molar-refractivity contribution is 0.102. The fraction of sp³-hybridized carbons (Fsp3) is 0.160. The van der Waals surface area contributed by atoms with Crippen molar-refractivity contribution in [3.63, 3.8) is 0 Å². The van der Waals surface area contributed by atoms with Crippen LogP contribution in [0.3, 0.4) is 0 Å². The van der Waals surface area contributed by atoms with E-state index in [1.54, 1.807) is 41.3 Å². The standard InChI is InChI=1S/C25H24ClN5O5S/c1-37(35,36)30-19-9-12-21(22(15-19)29-23(32)16-3-5-17(26)6-4-16)24(33)28-18-7-10-20(11-8-18)31-14-2-13-27-25(31)34/h3-12,15,30H,2,13-14H2,1H3,(H,27,34)(H,28,33)(H,29,32). The minimum absolute atomic E-state index is 0.104. The largest absolute Gasteiger partial charge is 0.338 e. The summed E-state index contributed by atoms with van der Waals surface area (Å²) in [5.74, 6) is -1.04. The quantitative estimate of drug-likeness (QED) is 0.356. The lowest BCUT2D eigenvalue weighted by atomic mass is 10.1. The first-order valence-corrected chi connectivity index (χ1v) is 13.5. The highest BCUT2D eigenvalue weighted by Crippen LogP contribution is 2.25. The summed E-state index contributed by atoms with van der Waals surface area (Å²) in [6.45, 7) is 1.24. The summed E-state index contributed by atoms with van der Waals surface area (Å²) in [5, 5.41) is 8.68. The van der Waals surface area contributed by atoms with Crippen molar-refractivity contribution in [2.75, 3.05) is 39.6 Å². The first-order chi connectivity index (χ1) is 17.6. The molecule has 0 saturated carbocycles. The molecule has 192 valence electrons. The van der Waals surface area contributed by atoms with Crippen LogP contribution in [0.15, 0.2) is 66.7 Å². The number of rotatable bonds is 7. The molecule has 0 bridgehead atoms. The van der Waals surface area contributed by atoms with Crippen LogP contribution in [0.5, 0.6) is 0 Å². The van der Waals surface area contributed by atoms with Gasteiger partial charge in [0.2, 0.25) is 10.0 Å². The van der Waals surface area contributed by atoms with Crippen molar-refractivity contribution in [3.05, 3.63) is 82.9 Å². The normalized spacial score (nSPS) is 13.5. The fourth-order valence-electron chi connectivity index (χ4n) is 3.72. The number of anilines is 4. The van der Waals surface area contributed by atoms with Crippen LogP contribution in [0, 0.1) is 0 Å². The molecule has 0 aliphatic carbocycles. The maximum atomic E-state index is 13.1. The van der Waals surface area contributed by atoms with Gasteiger partial charge in [0, 0.05) is 35.1 Å². The van der Waals surface area contributed by atoms with Gasteiger partial charge in [0.1, 0.15) is 0 Å². The van der Waals surface area contributed by atoms with Gasteiger partial charge >= 0.3 is 6.03 Å². The highest BCUT2D eigenvalue weighted by Gasteiger charge is 2.20. The molecular weight excluding hydrogens is 518 g/mol. The van der Waals surface area contributed by atoms with Crippen LogP contribution in [0.2, 0.25) is 5.02 Å². The first-order valence-electron chi connectivity index (χ1n) is 11.2. The number of urea groups is 1. The Kier molecular flexibility index (Phi) is 7.65. The molecule has 10 nitrogen and oxygen atoms in total. The van der Waals surface area contributed by atoms with Gasteiger partial charge in [-0.15, -0.1) is 0 Å².